The number of hydrogen-bond acceptors (Lipinski definition) is 3. The van der Waals surface area contributed by atoms with Gasteiger partial charge in [0.1, 0.15) is 11.6 Å². The van der Waals surface area contributed by atoms with E-state index in [1.807, 2.05) is 31.2 Å². The first-order valence-corrected chi connectivity index (χ1v) is 8.56. The average molecular weight is 341 g/mol. The van der Waals surface area contributed by atoms with E-state index in [1.165, 1.54) is 5.56 Å². The number of rotatable bonds is 6. The van der Waals surface area contributed by atoms with Crippen molar-refractivity contribution in [1.82, 2.24) is 10.3 Å². The maximum atomic E-state index is 11.8. The lowest BCUT2D eigenvalue weighted by Crippen LogP contribution is -2.30. The lowest BCUT2D eigenvalue weighted by molar-refractivity contribution is 0.250. The molecule has 2 aromatic rings. The van der Waals surface area contributed by atoms with Crippen molar-refractivity contribution < 1.29 is 9.53 Å². The van der Waals surface area contributed by atoms with E-state index in [-0.39, 0.29) is 11.4 Å². The molecule has 0 fully saturated rings. The molecule has 0 radical (unpaired) electrons. The third-order valence-electron chi connectivity index (χ3n) is 3.84. The monoisotopic (exact) mass is 341 g/mol. The van der Waals surface area contributed by atoms with Gasteiger partial charge in [-0.25, -0.2) is 9.78 Å². The van der Waals surface area contributed by atoms with Gasteiger partial charge in [-0.1, -0.05) is 39.0 Å². The molecule has 2 amide bonds. The molecule has 0 atom stereocenters. The Labute approximate surface area is 149 Å². The number of amides is 2. The summed E-state index contributed by atoms with van der Waals surface area (Å²) in [7, 11) is 0. The second-order valence-electron chi connectivity index (χ2n) is 7.03. The van der Waals surface area contributed by atoms with Crippen LogP contribution in [0.1, 0.15) is 38.3 Å². The van der Waals surface area contributed by atoms with Gasteiger partial charge in [0.05, 0.1) is 6.61 Å². The molecule has 0 bridgehead atoms. The molecule has 0 unspecified atom stereocenters. The number of aromatic nitrogens is 1. The van der Waals surface area contributed by atoms with Crippen molar-refractivity contribution >= 4 is 11.8 Å². The van der Waals surface area contributed by atoms with Crippen molar-refractivity contribution in [3.63, 3.8) is 0 Å². The first-order chi connectivity index (χ1) is 11.9. The van der Waals surface area contributed by atoms with Crippen molar-refractivity contribution in [3.8, 4) is 5.75 Å². The van der Waals surface area contributed by atoms with Crippen molar-refractivity contribution in [2.75, 3.05) is 18.5 Å². The van der Waals surface area contributed by atoms with Gasteiger partial charge in [-0.2, -0.15) is 0 Å². The third kappa shape index (κ3) is 6.10. The molecule has 0 spiro atoms. The summed E-state index contributed by atoms with van der Waals surface area (Å²) < 4.78 is 5.71. The van der Waals surface area contributed by atoms with Crippen molar-refractivity contribution in [2.24, 2.45) is 0 Å². The van der Waals surface area contributed by atoms with Gasteiger partial charge >= 0.3 is 6.03 Å². The summed E-state index contributed by atoms with van der Waals surface area (Å²) in [6, 6.07) is 11.7. The van der Waals surface area contributed by atoms with Crippen LogP contribution in [0.15, 0.2) is 42.6 Å². The molecule has 1 aromatic carbocycles. The first kappa shape index (κ1) is 18.8. The highest BCUT2D eigenvalue weighted by Crippen LogP contribution is 2.24. The molecule has 1 heterocycles. The zero-order chi connectivity index (χ0) is 18.3. The Bertz CT molecular complexity index is 691. The zero-order valence-corrected chi connectivity index (χ0v) is 15.4. The van der Waals surface area contributed by atoms with Gasteiger partial charge in [0.25, 0.3) is 0 Å². The van der Waals surface area contributed by atoms with E-state index in [9.17, 15) is 4.79 Å². The number of nitrogens with one attached hydrogen (secondary N) is 2. The lowest BCUT2D eigenvalue weighted by atomic mass is 9.87. The molecule has 0 saturated heterocycles. The fourth-order valence-electron chi connectivity index (χ4n) is 2.28. The summed E-state index contributed by atoms with van der Waals surface area (Å²) >= 11 is 0. The topological polar surface area (TPSA) is 63.2 Å². The molecular weight excluding hydrogens is 314 g/mol. The molecular formula is C20H27N3O2. The van der Waals surface area contributed by atoms with Gasteiger partial charge in [0.2, 0.25) is 0 Å². The normalized spacial score (nSPS) is 11.0. The Balaban J connectivity index is 1.66. The number of ether oxygens (including phenoxy) is 1. The molecule has 25 heavy (non-hydrogen) atoms. The third-order valence-corrected chi connectivity index (χ3v) is 3.84. The van der Waals surface area contributed by atoms with Crippen LogP contribution in [0, 0.1) is 6.92 Å². The average Bonchev–Trinajstić information content (AvgIpc) is 2.56. The number of aryl methyl sites for hydroxylation is 1. The number of nitrogens with zero attached hydrogens (tertiary/aromatic N) is 1. The molecule has 1 aromatic heterocycles. The molecule has 5 nitrogen and oxygen atoms in total. The van der Waals surface area contributed by atoms with E-state index in [0.29, 0.717) is 19.0 Å². The van der Waals surface area contributed by atoms with Crippen molar-refractivity contribution in [3.05, 3.63) is 53.7 Å². The van der Waals surface area contributed by atoms with E-state index in [0.717, 1.165) is 17.7 Å². The first-order valence-electron chi connectivity index (χ1n) is 8.56. The van der Waals surface area contributed by atoms with Crippen LogP contribution in [0.25, 0.3) is 0 Å². The standard InChI is InChI=1S/C20H27N3O2/c1-15-7-5-12-21-18(15)23-19(24)22-13-6-14-25-17-10-8-16(9-11-17)20(2,3)4/h5,7-12H,6,13-14H2,1-4H3,(H2,21,22,23,24). The van der Waals surface area contributed by atoms with Gasteiger partial charge in [-0.05, 0) is 48.1 Å². The van der Waals surface area contributed by atoms with Crippen molar-refractivity contribution in [2.45, 2.75) is 39.5 Å². The van der Waals surface area contributed by atoms with Crippen LogP contribution in [-0.4, -0.2) is 24.2 Å². The van der Waals surface area contributed by atoms with Gasteiger partial charge in [0.15, 0.2) is 0 Å². The summed E-state index contributed by atoms with van der Waals surface area (Å²) in [4.78, 5) is 16.0. The fourth-order valence-corrected chi connectivity index (χ4v) is 2.28. The van der Waals surface area contributed by atoms with Crippen LogP contribution >= 0.6 is 0 Å². The minimum Gasteiger partial charge on any atom is -0.494 e. The Kier molecular flexibility index (Phi) is 6.39. The predicted molar refractivity (Wildman–Crippen MR) is 101 cm³/mol. The highest BCUT2D eigenvalue weighted by molar-refractivity contribution is 5.88. The number of carbonyl (C=O) groups excluding carboxylic acids is 1. The number of pyridine rings is 1. The Morgan fingerprint density at radius 3 is 2.52 bits per heavy atom. The molecule has 5 heteroatoms. The molecule has 0 aliphatic heterocycles. The number of urea groups is 1. The quantitative estimate of drug-likeness (QED) is 0.771. The molecule has 0 aliphatic rings. The van der Waals surface area contributed by atoms with Crippen LogP contribution in [0.2, 0.25) is 0 Å². The Hall–Kier alpha value is -2.56. The summed E-state index contributed by atoms with van der Waals surface area (Å²) in [6.07, 6.45) is 2.39. The van der Waals surface area contributed by atoms with Gasteiger partial charge in [-0.3, -0.25) is 5.32 Å². The van der Waals surface area contributed by atoms with E-state index in [1.54, 1.807) is 6.20 Å². The van der Waals surface area contributed by atoms with Gasteiger partial charge in [0, 0.05) is 12.7 Å². The van der Waals surface area contributed by atoms with Crippen LogP contribution < -0.4 is 15.4 Å². The number of anilines is 1. The SMILES string of the molecule is Cc1cccnc1NC(=O)NCCCOc1ccc(C(C)(C)C)cc1. The predicted octanol–water partition coefficient (Wildman–Crippen LogP) is 4.28. The summed E-state index contributed by atoms with van der Waals surface area (Å²) in [6.45, 7) is 9.56. The van der Waals surface area contributed by atoms with E-state index < -0.39 is 0 Å². The van der Waals surface area contributed by atoms with Crippen LogP contribution in [0.5, 0.6) is 5.75 Å². The molecule has 0 aliphatic carbocycles. The summed E-state index contributed by atoms with van der Waals surface area (Å²) in [5.41, 5.74) is 2.35. The smallest absolute Gasteiger partial charge is 0.320 e. The van der Waals surface area contributed by atoms with Crippen LogP contribution in [0.4, 0.5) is 10.6 Å². The highest BCUT2D eigenvalue weighted by Gasteiger charge is 2.12. The fraction of sp³-hybridized carbons (Fsp3) is 0.400. The number of hydrogen-bond donors (Lipinski definition) is 2. The second-order valence-corrected chi connectivity index (χ2v) is 7.03. The summed E-state index contributed by atoms with van der Waals surface area (Å²) in [5, 5.41) is 5.54. The molecule has 0 saturated carbocycles. The van der Waals surface area contributed by atoms with Crippen LogP contribution in [-0.2, 0) is 5.41 Å². The van der Waals surface area contributed by atoms with E-state index >= 15 is 0 Å². The molecule has 134 valence electrons. The van der Waals surface area contributed by atoms with E-state index in [2.05, 4.69) is 48.5 Å². The van der Waals surface area contributed by atoms with E-state index in [4.69, 9.17) is 4.74 Å². The van der Waals surface area contributed by atoms with Crippen LogP contribution in [0.3, 0.4) is 0 Å². The molecule has 2 N–H and O–H groups in total. The van der Waals surface area contributed by atoms with Gasteiger partial charge < -0.3 is 10.1 Å². The van der Waals surface area contributed by atoms with Crippen molar-refractivity contribution in [1.29, 1.82) is 0 Å². The van der Waals surface area contributed by atoms with Gasteiger partial charge in [-0.15, -0.1) is 0 Å². The Morgan fingerprint density at radius 2 is 1.88 bits per heavy atom. The highest BCUT2D eigenvalue weighted by atomic mass is 16.5. The second kappa shape index (κ2) is 8.51. The number of benzene rings is 1. The maximum Gasteiger partial charge on any atom is 0.320 e. The number of carbonyl (C=O) groups is 1. The lowest BCUT2D eigenvalue weighted by Gasteiger charge is -2.19. The Morgan fingerprint density at radius 1 is 1.16 bits per heavy atom. The minimum atomic E-state index is -0.253. The zero-order valence-electron chi connectivity index (χ0n) is 15.4. The summed E-state index contributed by atoms with van der Waals surface area (Å²) in [5.74, 6) is 1.43. The minimum absolute atomic E-state index is 0.141. The maximum absolute atomic E-state index is 11.8. The molecule has 2 rings (SSSR count). The largest absolute Gasteiger partial charge is 0.494 e.